The Morgan fingerprint density at radius 1 is 1.50 bits per heavy atom. The zero-order valence-electron chi connectivity index (χ0n) is 11.0. The predicted molar refractivity (Wildman–Crippen MR) is 69.6 cm³/mol. The molecule has 0 bridgehead atoms. The van der Waals surface area contributed by atoms with Crippen LogP contribution in [0.2, 0.25) is 0 Å². The summed E-state index contributed by atoms with van der Waals surface area (Å²) in [5.41, 5.74) is 7.17. The van der Waals surface area contributed by atoms with E-state index in [-0.39, 0.29) is 11.6 Å². The minimum Gasteiger partial charge on any atom is -0.354 e. The first-order valence-electron chi connectivity index (χ1n) is 5.84. The van der Waals surface area contributed by atoms with Gasteiger partial charge in [0, 0.05) is 30.4 Å². The first kappa shape index (κ1) is 13.0. The van der Waals surface area contributed by atoms with E-state index >= 15 is 0 Å². The van der Waals surface area contributed by atoms with Crippen LogP contribution in [-0.2, 0) is 0 Å². The summed E-state index contributed by atoms with van der Waals surface area (Å²) in [6, 6.07) is 4.00. The molecule has 1 rings (SSSR count). The molecular weight excluding hydrogens is 198 g/mol. The fraction of sp³-hybridized carbons (Fsp3) is 0.615. The number of aromatic nitrogens is 1. The first-order chi connectivity index (χ1) is 7.40. The van der Waals surface area contributed by atoms with Crippen LogP contribution in [-0.4, -0.2) is 17.6 Å². The molecule has 1 aromatic heterocycles. The molecule has 0 saturated heterocycles. The number of rotatable bonds is 4. The number of hydrogen-bond acceptors (Lipinski definition) is 3. The summed E-state index contributed by atoms with van der Waals surface area (Å²) in [6.07, 6.45) is 2.89. The first-order valence-corrected chi connectivity index (χ1v) is 5.84. The Labute approximate surface area is 98.7 Å². The van der Waals surface area contributed by atoms with Gasteiger partial charge in [0.15, 0.2) is 0 Å². The van der Waals surface area contributed by atoms with Crippen LogP contribution in [0.5, 0.6) is 0 Å². The highest BCUT2D eigenvalue weighted by molar-refractivity contribution is 5.49. The molecule has 0 radical (unpaired) electrons. The minimum atomic E-state index is 0.0128. The average Bonchev–Trinajstić information content (AvgIpc) is 2.28. The Morgan fingerprint density at radius 3 is 2.62 bits per heavy atom. The van der Waals surface area contributed by atoms with Crippen molar-refractivity contribution >= 4 is 5.82 Å². The van der Waals surface area contributed by atoms with Gasteiger partial charge in [-0.25, -0.2) is 4.98 Å². The predicted octanol–water partition coefficient (Wildman–Crippen LogP) is 2.73. The van der Waals surface area contributed by atoms with Crippen LogP contribution < -0.4 is 10.6 Å². The molecular formula is C13H23N3. The molecule has 0 aliphatic carbocycles. The topological polar surface area (TPSA) is 42.2 Å². The largest absolute Gasteiger partial charge is 0.354 e. The lowest BCUT2D eigenvalue weighted by Crippen LogP contribution is -2.41. The van der Waals surface area contributed by atoms with Gasteiger partial charge >= 0.3 is 0 Å². The van der Waals surface area contributed by atoms with Crippen molar-refractivity contribution in [2.45, 2.75) is 45.7 Å². The summed E-state index contributed by atoms with van der Waals surface area (Å²) in [6.45, 7) is 8.61. The van der Waals surface area contributed by atoms with Crippen molar-refractivity contribution < 1.29 is 0 Å². The number of nitrogens with two attached hydrogens (primary N) is 1. The Kier molecular flexibility index (Phi) is 3.92. The lowest BCUT2D eigenvalue weighted by atomic mass is 9.98. The van der Waals surface area contributed by atoms with E-state index in [0.29, 0.717) is 0 Å². The standard InChI is InChI=1S/C13H23N3/c1-6-13(3,4)16(5)12-11(10(2)14)8-7-9-15-12/h7-10H,6,14H2,1-5H3/t10-/m0/s1. The summed E-state index contributed by atoms with van der Waals surface area (Å²) < 4.78 is 0. The Bertz CT molecular complexity index is 345. The molecule has 1 heterocycles. The fourth-order valence-corrected chi connectivity index (χ4v) is 1.57. The third-order valence-corrected chi connectivity index (χ3v) is 3.40. The van der Waals surface area contributed by atoms with Crippen LogP contribution >= 0.6 is 0 Å². The van der Waals surface area contributed by atoms with Crippen molar-refractivity contribution in [2.75, 3.05) is 11.9 Å². The highest BCUT2D eigenvalue weighted by atomic mass is 15.2. The van der Waals surface area contributed by atoms with Crippen molar-refractivity contribution in [1.82, 2.24) is 4.98 Å². The molecule has 3 heteroatoms. The highest BCUT2D eigenvalue weighted by Crippen LogP contribution is 2.28. The normalized spacial score (nSPS) is 13.6. The van der Waals surface area contributed by atoms with Gasteiger partial charge in [-0.05, 0) is 33.3 Å². The van der Waals surface area contributed by atoms with Gasteiger partial charge in [-0.15, -0.1) is 0 Å². The van der Waals surface area contributed by atoms with E-state index in [0.717, 1.165) is 17.8 Å². The van der Waals surface area contributed by atoms with Crippen LogP contribution in [0.3, 0.4) is 0 Å². The number of nitrogens with zero attached hydrogens (tertiary/aromatic N) is 2. The van der Waals surface area contributed by atoms with E-state index in [9.17, 15) is 0 Å². The molecule has 0 spiro atoms. The molecule has 0 unspecified atom stereocenters. The minimum absolute atomic E-state index is 0.0128. The zero-order valence-corrected chi connectivity index (χ0v) is 11.0. The molecule has 90 valence electrons. The molecule has 1 atom stereocenters. The maximum atomic E-state index is 5.97. The molecule has 0 fully saturated rings. The van der Waals surface area contributed by atoms with Gasteiger partial charge in [-0.1, -0.05) is 13.0 Å². The van der Waals surface area contributed by atoms with Crippen molar-refractivity contribution in [1.29, 1.82) is 0 Å². The van der Waals surface area contributed by atoms with Gasteiger partial charge in [-0.3, -0.25) is 0 Å². The molecule has 0 aromatic carbocycles. The van der Waals surface area contributed by atoms with Crippen molar-refractivity contribution in [3.8, 4) is 0 Å². The second-order valence-electron chi connectivity index (χ2n) is 4.93. The van der Waals surface area contributed by atoms with E-state index < -0.39 is 0 Å². The Hall–Kier alpha value is -1.09. The van der Waals surface area contributed by atoms with Crippen LogP contribution in [0.15, 0.2) is 18.3 Å². The molecule has 0 saturated carbocycles. The van der Waals surface area contributed by atoms with E-state index in [4.69, 9.17) is 5.73 Å². The summed E-state index contributed by atoms with van der Waals surface area (Å²) in [5.74, 6) is 0.990. The van der Waals surface area contributed by atoms with Crippen molar-refractivity contribution in [3.05, 3.63) is 23.9 Å². The summed E-state index contributed by atoms with van der Waals surface area (Å²) >= 11 is 0. The smallest absolute Gasteiger partial charge is 0.133 e. The second-order valence-corrected chi connectivity index (χ2v) is 4.93. The molecule has 2 N–H and O–H groups in total. The van der Waals surface area contributed by atoms with Gasteiger partial charge < -0.3 is 10.6 Å². The molecule has 0 aliphatic rings. The van der Waals surface area contributed by atoms with E-state index in [1.807, 2.05) is 19.2 Å². The third-order valence-electron chi connectivity index (χ3n) is 3.40. The molecule has 1 aromatic rings. The number of hydrogen-bond donors (Lipinski definition) is 1. The van der Waals surface area contributed by atoms with Crippen LogP contribution in [0.25, 0.3) is 0 Å². The monoisotopic (exact) mass is 221 g/mol. The quantitative estimate of drug-likeness (QED) is 0.850. The number of anilines is 1. The Morgan fingerprint density at radius 2 is 2.12 bits per heavy atom. The van der Waals surface area contributed by atoms with Gasteiger partial charge in [0.2, 0.25) is 0 Å². The second kappa shape index (κ2) is 4.83. The average molecular weight is 221 g/mol. The summed E-state index contributed by atoms with van der Waals surface area (Å²) in [7, 11) is 2.08. The Balaban J connectivity index is 3.13. The fourth-order valence-electron chi connectivity index (χ4n) is 1.57. The molecule has 0 amide bonds. The third kappa shape index (κ3) is 2.53. The van der Waals surface area contributed by atoms with Crippen LogP contribution in [0.1, 0.15) is 45.7 Å². The van der Waals surface area contributed by atoms with Crippen LogP contribution in [0.4, 0.5) is 5.82 Å². The van der Waals surface area contributed by atoms with Gasteiger partial charge in [0.1, 0.15) is 5.82 Å². The van der Waals surface area contributed by atoms with Crippen molar-refractivity contribution in [2.24, 2.45) is 5.73 Å². The maximum absolute atomic E-state index is 5.97. The van der Waals surface area contributed by atoms with E-state index in [2.05, 4.69) is 43.8 Å². The lowest BCUT2D eigenvalue weighted by Gasteiger charge is -2.37. The van der Waals surface area contributed by atoms with Gasteiger partial charge in [0.05, 0.1) is 0 Å². The van der Waals surface area contributed by atoms with E-state index in [1.165, 1.54) is 0 Å². The maximum Gasteiger partial charge on any atom is 0.133 e. The van der Waals surface area contributed by atoms with E-state index in [1.54, 1.807) is 0 Å². The summed E-state index contributed by atoms with van der Waals surface area (Å²) in [5, 5.41) is 0. The lowest BCUT2D eigenvalue weighted by molar-refractivity contribution is 0.465. The molecule has 3 nitrogen and oxygen atoms in total. The summed E-state index contributed by atoms with van der Waals surface area (Å²) in [4.78, 5) is 6.67. The van der Waals surface area contributed by atoms with Crippen molar-refractivity contribution in [3.63, 3.8) is 0 Å². The SMILES string of the molecule is CCC(C)(C)N(C)c1ncccc1[C@H](C)N. The molecule has 0 aliphatic heterocycles. The van der Waals surface area contributed by atoms with Crippen LogP contribution in [0, 0.1) is 0 Å². The highest BCUT2D eigenvalue weighted by Gasteiger charge is 2.24. The van der Waals surface area contributed by atoms with Gasteiger partial charge in [0.25, 0.3) is 0 Å². The number of pyridine rings is 1. The zero-order chi connectivity index (χ0) is 12.3. The molecule has 16 heavy (non-hydrogen) atoms. The van der Waals surface area contributed by atoms with Gasteiger partial charge in [-0.2, -0.15) is 0 Å².